The number of hydrogen-bond donors (Lipinski definition) is 2. The Balaban J connectivity index is 1.71. The first kappa shape index (κ1) is 22.8. The lowest BCUT2D eigenvalue weighted by atomic mass is 10.1. The molecule has 1 saturated carbocycles. The second-order valence-electron chi connectivity index (χ2n) is 7.32. The fourth-order valence-electron chi connectivity index (χ4n) is 3.26. The van der Waals surface area contributed by atoms with E-state index >= 15 is 0 Å². The van der Waals surface area contributed by atoms with Gasteiger partial charge in [-0.05, 0) is 37.0 Å². The summed E-state index contributed by atoms with van der Waals surface area (Å²) in [6, 6.07) is 3.63. The number of aliphatic carboxylic acids is 1. The summed E-state index contributed by atoms with van der Waals surface area (Å²) in [5.74, 6) is -0.986. The standard InChI is InChI=1S/C20H23ClFN3O3S2/c1-12(18(26)27)11-29-17-9-23-19(30-17)24-20(28)25(10-13-4-2-3-5-13)16-7-6-14(22)8-15(16)21/h6-9,12-13H,2-5,10-11H2,1H3,(H,26,27)(H,23,24,28). The molecule has 10 heteroatoms. The highest BCUT2D eigenvalue weighted by atomic mass is 35.5. The molecule has 2 N–H and O–H groups in total. The minimum absolute atomic E-state index is 0.182. The molecule has 0 radical (unpaired) electrons. The van der Waals surface area contributed by atoms with E-state index in [0.29, 0.717) is 29.0 Å². The molecule has 1 atom stereocenters. The zero-order valence-corrected chi connectivity index (χ0v) is 18.8. The van der Waals surface area contributed by atoms with E-state index in [1.54, 1.807) is 18.0 Å². The molecule has 162 valence electrons. The van der Waals surface area contributed by atoms with Crippen LogP contribution in [0.3, 0.4) is 0 Å². The number of halogens is 2. The second-order valence-corrected chi connectivity index (χ2v) is 10.1. The van der Waals surface area contributed by atoms with Crippen molar-refractivity contribution in [2.45, 2.75) is 36.8 Å². The first-order valence-corrected chi connectivity index (χ1v) is 11.9. The Morgan fingerprint density at radius 1 is 1.43 bits per heavy atom. The number of aromatic nitrogens is 1. The van der Waals surface area contributed by atoms with Crippen LogP contribution >= 0.6 is 34.7 Å². The van der Waals surface area contributed by atoms with Crippen molar-refractivity contribution >= 4 is 57.5 Å². The van der Waals surface area contributed by atoms with Crippen molar-refractivity contribution in [3.8, 4) is 0 Å². The molecule has 0 saturated heterocycles. The topological polar surface area (TPSA) is 82.5 Å². The van der Waals surface area contributed by atoms with Crippen LogP contribution in [-0.2, 0) is 4.79 Å². The molecule has 0 bridgehead atoms. The Hall–Kier alpha value is -1.84. The number of anilines is 2. The average Bonchev–Trinajstić information content (AvgIpc) is 3.36. The van der Waals surface area contributed by atoms with Crippen LogP contribution in [0, 0.1) is 17.7 Å². The summed E-state index contributed by atoms with van der Waals surface area (Å²) in [6.07, 6.45) is 5.98. The number of carboxylic acids is 1. The number of nitrogens with zero attached hydrogens (tertiary/aromatic N) is 2. The molecule has 1 aromatic carbocycles. The Morgan fingerprint density at radius 2 is 2.17 bits per heavy atom. The summed E-state index contributed by atoms with van der Waals surface area (Å²) >= 11 is 8.90. The molecule has 0 spiro atoms. The maximum atomic E-state index is 13.5. The van der Waals surface area contributed by atoms with Crippen molar-refractivity contribution < 1.29 is 19.1 Å². The summed E-state index contributed by atoms with van der Waals surface area (Å²) in [5, 5.41) is 12.4. The Bertz CT molecular complexity index is 905. The zero-order chi connectivity index (χ0) is 21.7. The summed E-state index contributed by atoms with van der Waals surface area (Å²) in [4.78, 5) is 29.8. The van der Waals surface area contributed by atoms with Gasteiger partial charge in [0.1, 0.15) is 5.82 Å². The molecule has 1 heterocycles. The SMILES string of the molecule is CC(CSc1cnc(NC(=O)N(CC2CCCC2)c2ccc(F)cc2Cl)s1)C(=O)O. The average molecular weight is 472 g/mol. The van der Waals surface area contributed by atoms with E-state index in [2.05, 4.69) is 10.3 Å². The van der Waals surface area contributed by atoms with Gasteiger partial charge in [0.2, 0.25) is 0 Å². The fourth-order valence-corrected chi connectivity index (χ4v) is 5.43. The van der Waals surface area contributed by atoms with Crippen molar-refractivity contribution in [1.29, 1.82) is 0 Å². The van der Waals surface area contributed by atoms with E-state index in [4.69, 9.17) is 16.7 Å². The molecule has 2 aromatic rings. The van der Waals surface area contributed by atoms with Crippen LogP contribution in [0.5, 0.6) is 0 Å². The molecule has 1 aliphatic carbocycles. The van der Waals surface area contributed by atoms with Crippen molar-refractivity contribution in [3.63, 3.8) is 0 Å². The summed E-state index contributed by atoms with van der Waals surface area (Å²) in [7, 11) is 0. The van der Waals surface area contributed by atoms with Gasteiger partial charge in [0, 0.05) is 12.3 Å². The monoisotopic (exact) mass is 471 g/mol. The van der Waals surface area contributed by atoms with Crippen LogP contribution in [0.4, 0.5) is 20.0 Å². The molecule has 1 aliphatic rings. The van der Waals surface area contributed by atoms with E-state index in [1.807, 2.05) is 0 Å². The lowest BCUT2D eigenvalue weighted by molar-refractivity contribution is -0.140. The van der Waals surface area contributed by atoms with Crippen LogP contribution in [0.15, 0.2) is 28.6 Å². The van der Waals surface area contributed by atoms with Gasteiger partial charge >= 0.3 is 12.0 Å². The van der Waals surface area contributed by atoms with Crippen LogP contribution in [0.25, 0.3) is 0 Å². The molecule has 3 rings (SSSR count). The number of benzene rings is 1. The highest BCUT2D eigenvalue weighted by Gasteiger charge is 2.25. The van der Waals surface area contributed by atoms with Gasteiger partial charge in [0.05, 0.1) is 27.0 Å². The third-order valence-corrected chi connectivity index (χ3v) is 7.63. The van der Waals surface area contributed by atoms with Crippen LogP contribution in [0.1, 0.15) is 32.6 Å². The molecule has 30 heavy (non-hydrogen) atoms. The van der Waals surface area contributed by atoms with E-state index in [-0.39, 0.29) is 11.1 Å². The minimum atomic E-state index is -0.848. The number of urea groups is 1. The predicted octanol–water partition coefficient (Wildman–Crippen LogP) is 5.98. The lowest BCUT2D eigenvalue weighted by Crippen LogP contribution is -2.38. The molecular weight excluding hydrogens is 449 g/mol. The highest BCUT2D eigenvalue weighted by molar-refractivity contribution is 8.01. The van der Waals surface area contributed by atoms with E-state index in [1.165, 1.54) is 41.3 Å². The van der Waals surface area contributed by atoms with Gasteiger partial charge in [-0.3, -0.25) is 15.0 Å². The summed E-state index contributed by atoms with van der Waals surface area (Å²) in [6.45, 7) is 2.15. The summed E-state index contributed by atoms with van der Waals surface area (Å²) < 4.78 is 14.3. The number of thiazole rings is 1. The molecular formula is C20H23ClFN3O3S2. The number of amides is 2. The molecule has 2 amide bonds. The van der Waals surface area contributed by atoms with Crippen molar-refractivity contribution in [2.24, 2.45) is 11.8 Å². The van der Waals surface area contributed by atoms with Gasteiger partial charge in [-0.1, -0.05) is 42.7 Å². The number of nitrogens with one attached hydrogen (secondary N) is 1. The second kappa shape index (κ2) is 10.5. The lowest BCUT2D eigenvalue weighted by Gasteiger charge is -2.26. The first-order valence-electron chi connectivity index (χ1n) is 9.68. The smallest absolute Gasteiger partial charge is 0.328 e. The van der Waals surface area contributed by atoms with Gasteiger partial charge < -0.3 is 5.11 Å². The van der Waals surface area contributed by atoms with Crippen LogP contribution in [0.2, 0.25) is 5.02 Å². The maximum Gasteiger partial charge on any atom is 0.328 e. The van der Waals surface area contributed by atoms with E-state index < -0.39 is 17.7 Å². The zero-order valence-electron chi connectivity index (χ0n) is 16.4. The Kier molecular flexibility index (Phi) is 7.96. The Morgan fingerprint density at radius 3 is 2.83 bits per heavy atom. The van der Waals surface area contributed by atoms with Crippen molar-refractivity contribution in [2.75, 3.05) is 22.5 Å². The van der Waals surface area contributed by atoms with Gasteiger partial charge in [0.15, 0.2) is 5.13 Å². The molecule has 1 fully saturated rings. The number of rotatable bonds is 8. The Labute approximate surface area is 187 Å². The highest BCUT2D eigenvalue weighted by Crippen LogP contribution is 2.33. The number of carbonyl (C=O) groups excluding carboxylic acids is 1. The summed E-state index contributed by atoms with van der Waals surface area (Å²) in [5.41, 5.74) is 0.462. The predicted molar refractivity (Wildman–Crippen MR) is 119 cm³/mol. The molecule has 6 nitrogen and oxygen atoms in total. The molecule has 0 aliphatic heterocycles. The quantitative estimate of drug-likeness (QED) is 0.463. The van der Waals surface area contributed by atoms with Crippen molar-refractivity contribution in [1.82, 2.24) is 4.98 Å². The third-order valence-electron chi connectivity index (χ3n) is 4.96. The maximum absolute atomic E-state index is 13.5. The third kappa shape index (κ3) is 6.09. The molecule has 1 unspecified atom stereocenters. The van der Waals surface area contributed by atoms with Crippen molar-refractivity contribution in [3.05, 3.63) is 35.2 Å². The number of carboxylic acid groups (broad SMARTS) is 1. The first-order chi connectivity index (χ1) is 14.3. The normalized spacial score (nSPS) is 15.2. The minimum Gasteiger partial charge on any atom is -0.481 e. The van der Waals surface area contributed by atoms with Gasteiger partial charge in [-0.25, -0.2) is 14.2 Å². The largest absolute Gasteiger partial charge is 0.481 e. The molecule has 1 aromatic heterocycles. The van der Waals surface area contributed by atoms with Crippen LogP contribution < -0.4 is 10.2 Å². The van der Waals surface area contributed by atoms with Gasteiger partial charge in [-0.15, -0.1) is 11.8 Å². The number of carbonyl (C=O) groups is 2. The fraction of sp³-hybridized carbons (Fsp3) is 0.450. The van der Waals surface area contributed by atoms with Gasteiger partial charge in [0.25, 0.3) is 0 Å². The van der Waals surface area contributed by atoms with E-state index in [0.717, 1.165) is 29.9 Å². The number of hydrogen-bond acceptors (Lipinski definition) is 5. The van der Waals surface area contributed by atoms with E-state index in [9.17, 15) is 14.0 Å². The number of thioether (sulfide) groups is 1. The van der Waals surface area contributed by atoms with Gasteiger partial charge in [-0.2, -0.15) is 0 Å². The van der Waals surface area contributed by atoms with Crippen LogP contribution in [-0.4, -0.2) is 34.4 Å².